The van der Waals surface area contributed by atoms with Gasteiger partial charge in [-0.25, -0.2) is 0 Å². The van der Waals surface area contributed by atoms with Crippen molar-refractivity contribution in [2.75, 3.05) is 0 Å². The van der Waals surface area contributed by atoms with E-state index < -0.39 is 0 Å². The third-order valence-electron chi connectivity index (χ3n) is 18.7. The Morgan fingerprint density at radius 1 is 0.328 bits per heavy atom. The average molecular weight is 865 g/mol. The summed E-state index contributed by atoms with van der Waals surface area (Å²) >= 11 is 0. The van der Waals surface area contributed by atoms with Crippen LogP contribution >= 0.6 is 0 Å². The molecule has 0 bridgehead atoms. The summed E-state index contributed by atoms with van der Waals surface area (Å²) in [4.78, 5) is 0. The predicted molar refractivity (Wildman–Crippen MR) is 285 cm³/mol. The molecule has 0 fully saturated rings. The van der Waals surface area contributed by atoms with E-state index >= 15 is 0 Å². The first-order valence-corrected chi connectivity index (χ1v) is 25.2. The molecule has 0 radical (unpaired) electrons. The molecule has 0 aliphatic rings. The number of fused-ring (bicyclic) bond motifs is 2. The van der Waals surface area contributed by atoms with E-state index in [4.69, 9.17) is 4.74 Å². The molecule has 0 heterocycles. The van der Waals surface area contributed by atoms with Crippen molar-refractivity contribution in [2.45, 2.75) is 206 Å². The van der Waals surface area contributed by atoms with E-state index in [1.165, 1.54) is 66.1 Å². The van der Waals surface area contributed by atoms with Gasteiger partial charge in [0, 0.05) is 11.1 Å². The van der Waals surface area contributed by atoms with Crippen LogP contribution in [0.15, 0.2) is 66.7 Å². The van der Waals surface area contributed by atoms with E-state index in [0.717, 1.165) is 17.1 Å². The highest BCUT2D eigenvalue weighted by atomic mass is 16.5. The van der Waals surface area contributed by atoms with Crippen molar-refractivity contribution < 1.29 is 4.74 Å². The monoisotopic (exact) mass is 865 g/mol. The summed E-state index contributed by atoms with van der Waals surface area (Å²) in [7, 11) is 0. The van der Waals surface area contributed by atoms with Crippen molar-refractivity contribution in [3.63, 3.8) is 0 Å². The van der Waals surface area contributed by atoms with E-state index in [-0.39, 0.29) is 32.5 Å². The van der Waals surface area contributed by atoms with Crippen molar-refractivity contribution in [1.82, 2.24) is 0 Å². The zero-order valence-electron chi connectivity index (χ0n) is 45.7. The van der Waals surface area contributed by atoms with Gasteiger partial charge in [0.05, 0.1) is 0 Å². The Labute approximate surface area is 394 Å². The number of aryl methyl sites for hydroxylation is 1. The molecule has 0 atom stereocenters. The minimum atomic E-state index is -0.155. The molecule has 0 saturated heterocycles. The Morgan fingerprint density at radius 3 is 1.09 bits per heavy atom. The van der Waals surface area contributed by atoms with Crippen LogP contribution in [0.1, 0.15) is 205 Å². The van der Waals surface area contributed by atoms with Crippen LogP contribution in [0.25, 0.3) is 32.7 Å². The van der Waals surface area contributed by atoms with Crippen molar-refractivity contribution in [2.24, 2.45) is 35.5 Å². The first-order chi connectivity index (χ1) is 29.1. The normalized spacial score (nSPS) is 13.9. The Kier molecular flexibility index (Phi) is 14.1. The van der Waals surface area contributed by atoms with E-state index in [1.54, 1.807) is 0 Å². The zero-order valence-corrected chi connectivity index (χ0v) is 45.7. The van der Waals surface area contributed by atoms with Gasteiger partial charge < -0.3 is 4.74 Å². The lowest BCUT2D eigenvalue weighted by Crippen LogP contribution is -2.29. The highest BCUT2D eigenvalue weighted by Crippen LogP contribution is 2.51. The summed E-state index contributed by atoms with van der Waals surface area (Å²) < 4.78 is 7.62. The second-order valence-corrected chi connectivity index (χ2v) is 25.6. The van der Waals surface area contributed by atoms with Crippen molar-refractivity contribution in [3.05, 3.63) is 106 Å². The third kappa shape index (κ3) is 9.11. The molecule has 1 heteroatoms. The van der Waals surface area contributed by atoms with Gasteiger partial charge in [0.2, 0.25) is 0 Å². The van der Waals surface area contributed by atoms with Gasteiger partial charge in [-0.15, -0.1) is 0 Å². The fourth-order valence-corrected chi connectivity index (χ4v) is 8.93. The largest absolute Gasteiger partial charge is 0.456 e. The van der Waals surface area contributed by atoms with Crippen LogP contribution < -0.4 is 4.74 Å². The van der Waals surface area contributed by atoms with E-state index in [1.807, 2.05) is 0 Å². The lowest BCUT2D eigenvalue weighted by molar-refractivity contribution is 0.354. The SMILES string of the molecule is Cc1ccc(Oc2cc3c(C(C)(C)C(C)C)cc(C(C)(C)C(C)C)cc3cc2C(C)(C)C(C)C)c(-c2cc3c(C(C)(C)C(C)C)cc(C(C)(C)C(C)C)cc3cc2C(C)(C)C(C)C)c1. The fraction of sp³-hybridized carbons (Fsp3) is 0.587. The van der Waals surface area contributed by atoms with Gasteiger partial charge in [-0.3, -0.25) is 0 Å². The quantitative estimate of drug-likeness (QED) is 0.102. The minimum absolute atomic E-state index is 0.0213. The molecule has 0 aromatic heterocycles. The molecular weight excluding hydrogens is 773 g/mol. The van der Waals surface area contributed by atoms with E-state index in [9.17, 15) is 0 Å². The van der Waals surface area contributed by atoms with Crippen LogP contribution in [0.5, 0.6) is 11.5 Å². The zero-order chi connectivity index (χ0) is 48.6. The van der Waals surface area contributed by atoms with Crippen LogP contribution in [-0.2, 0) is 32.5 Å². The minimum Gasteiger partial charge on any atom is -0.456 e. The van der Waals surface area contributed by atoms with Crippen molar-refractivity contribution in [1.29, 1.82) is 0 Å². The summed E-state index contributed by atoms with van der Waals surface area (Å²) in [5.41, 5.74) is 11.7. The maximum absolute atomic E-state index is 7.62. The second kappa shape index (κ2) is 17.6. The van der Waals surface area contributed by atoms with Gasteiger partial charge in [-0.05, 0) is 166 Å². The highest BCUT2D eigenvalue weighted by molar-refractivity contribution is 5.95. The number of benzene rings is 5. The molecule has 0 aliphatic carbocycles. The molecule has 64 heavy (non-hydrogen) atoms. The first kappa shape index (κ1) is 51.4. The smallest absolute Gasteiger partial charge is 0.135 e. The van der Waals surface area contributed by atoms with Gasteiger partial charge in [0.25, 0.3) is 0 Å². The standard InChI is InChI=1S/C63H92O/c1-37(2)58(14,15)46-29-44-31-52(60(18,19)39(5)6)50(35-48(44)53(33-46)61(20,21)40(7)8)51-28-43(13)26-27-56(51)64-57-36-49-45(32-55(57)63(24,25)42(11)12)30-47(59(16,17)38(3)4)34-54(49)62(22,23)41(9)10/h26-42H,1-25H3. The number of rotatable bonds is 15. The Morgan fingerprint density at radius 2 is 0.688 bits per heavy atom. The number of hydrogen-bond acceptors (Lipinski definition) is 1. The molecule has 1 nitrogen and oxygen atoms in total. The Balaban J connectivity index is 1.95. The molecule has 0 aliphatic heterocycles. The fourth-order valence-electron chi connectivity index (χ4n) is 8.93. The Hall–Kier alpha value is -3.58. The molecule has 5 aromatic rings. The van der Waals surface area contributed by atoms with Gasteiger partial charge in [0.15, 0.2) is 0 Å². The maximum atomic E-state index is 7.62. The molecule has 350 valence electrons. The topological polar surface area (TPSA) is 9.23 Å². The molecular formula is C63H92O. The van der Waals surface area contributed by atoms with Crippen LogP contribution in [-0.4, -0.2) is 0 Å². The second-order valence-electron chi connectivity index (χ2n) is 25.6. The first-order valence-electron chi connectivity index (χ1n) is 25.2. The molecule has 5 aromatic carbocycles. The summed E-state index contributed by atoms with van der Waals surface area (Å²) in [5.74, 6) is 4.56. The molecule has 0 N–H and O–H groups in total. The summed E-state index contributed by atoms with van der Waals surface area (Å²) in [6.45, 7) is 59.8. The predicted octanol–water partition coefficient (Wildman–Crippen LogP) is 19.4. The lowest BCUT2D eigenvalue weighted by Gasteiger charge is -2.37. The van der Waals surface area contributed by atoms with Gasteiger partial charge in [-0.2, -0.15) is 0 Å². The van der Waals surface area contributed by atoms with Crippen LogP contribution in [0.2, 0.25) is 0 Å². The average Bonchev–Trinajstić information content (AvgIpc) is 3.19. The number of hydrogen-bond donors (Lipinski definition) is 0. The maximum Gasteiger partial charge on any atom is 0.135 e. The lowest BCUT2D eigenvalue weighted by atomic mass is 9.67. The van der Waals surface area contributed by atoms with Crippen molar-refractivity contribution >= 4 is 21.5 Å². The van der Waals surface area contributed by atoms with Crippen LogP contribution in [0.3, 0.4) is 0 Å². The van der Waals surface area contributed by atoms with Crippen molar-refractivity contribution in [3.8, 4) is 22.6 Å². The van der Waals surface area contributed by atoms with Gasteiger partial charge in [0.1, 0.15) is 11.5 Å². The molecule has 0 amide bonds. The third-order valence-corrected chi connectivity index (χ3v) is 18.7. The summed E-state index contributed by atoms with van der Waals surface area (Å²) in [5, 5.41) is 5.29. The highest BCUT2D eigenvalue weighted by Gasteiger charge is 2.37. The molecule has 0 saturated carbocycles. The van der Waals surface area contributed by atoms with E-state index in [0.29, 0.717) is 35.5 Å². The van der Waals surface area contributed by atoms with E-state index in [2.05, 4.69) is 240 Å². The number of ether oxygens (including phenoxy) is 1. The molecule has 0 spiro atoms. The van der Waals surface area contributed by atoms with Crippen LogP contribution in [0.4, 0.5) is 0 Å². The summed E-state index contributed by atoms with van der Waals surface area (Å²) in [6, 6.07) is 27.0. The van der Waals surface area contributed by atoms with Gasteiger partial charge >= 0.3 is 0 Å². The Bertz CT molecular complexity index is 2490. The molecule has 5 rings (SSSR count). The summed E-state index contributed by atoms with van der Waals surface area (Å²) in [6.07, 6.45) is 0. The van der Waals surface area contributed by atoms with Gasteiger partial charge in [-0.1, -0.05) is 202 Å². The molecule has 0 unspecified atom stereocenters. The van der Waals surface area contributed by atoms with Crippen LogP contribution in [0, 0.1) is 42.4 Å².